The molecule has 2 aromatic carbocycles. The number of hydrazine groups is 2. The number of carbonyl (C=O) groups excluding carboxylic acids is 2. The number of hydrogen-bond acceptors (Lipinski definition) is 8. The van der Waals surface area contributed by atoms with Crippen LogP contribution < -0.4 is 22.0 Å². The second-order valence-corrected chi connectivity index (χ2v) is 6.52. The number of halogens is 2. The average molecular weight is 554 g/mol. The first kappa shape index (κ1) is 18.7. The minimum Gasteiger partial charge on any atom is -0.341 e. The van der Waals surface area contributed by atoms with Crippen LogP contribution in [0.15, 0.2) is 48.5 Å². The van der Waals surface area contributed by atoms with E-state index in [0.717, 1.165) is 7.14 Å². The Bertz CT molecular complexity index is 668. The van der Waals surface area contributed by atoms with Crippen molar-refractivity contribution in [3.63, 3.8) is 0 Å². The average Bonchev–Trinajstić information content (AvgIpc) is 2.58. The summed E-state index contributed by atoms with van der Waals surface area (Å²) >= 11 is 4.21. The molecular weight excluding hydrogens is 542 g/mol. The first-order valence-corrected chi connectivity index (χ1v) is 8.66. The molecule has 2 rings (SSSR count). The molecule has 0 atom stereocenters. The molecule has 0 heterocycles. The van der Waals surface area contributed by atoms with E-state index < -0.39 is 11.9 Å². The number of benzene rings is 2. The Morgan fingerprint density at radius 3 is 1.46 bits per heavy atom. The summed E-state index contributed by atoms with van der Waals surface area (Å²) in [5.74, 6) is -2.43. The maximum absolute atomic E-state index is 11.5. The van der Waals surface area contributed by atoms with Crippen molar-refractivity contribution in [1.82, 2.24) is 11.2 Å². The third kappa shape index (κ3) is 5.77. The summed E-state index contributed by atoms with van der Waals surface area (Å²) < 4.78 is 1.81. The van der Waals surface area contributed by atoms with Crippen LogP contribution in [-0.2, 0) is 19.3 Å². The fourth-order valence-corrected chi connectivity index (χ4v) is 2.51. The molecule has 0 fully saturated rings. The van der Waals surface area contributed by atoms with E-state index in [1.165, 1.54) is 0 Å². The van der Waals surface area contributed by atoms with Gasteiger partial charge in [-0.15, -0.1) is 0 Å². The molecule has 2 aromatic rings. The number of rotatable bonds is 6. The van der Waals surface area contributed by atoms with E-state index >= 15 is 0 Å². The lowest BCUT2D eigenvalue weighted by Gasteiger charge is -2.10. The van der Waals surface area contributed by atoms with Gasteiger partial charge in [0.1, 0.15) is 0 Å². The van der Waals surface area contributed by atoms with Gasteiger partial charge in [0.05, 0.1) is 11.4 Å². The van der Waals surface area contributed by atoms with Crippen molar-refractivity contribution < 1.29 is 19.3 Å². The topological polar surface area (TPSA) is 101 Å². The van der Waals surface area contributed by atoms with Crippen LogP contribution in [0.2, 0.25) is 0 Å². The lowest BCUT2D eigenvalue weighted by molar-refractivity contribution is -0.175. The van der Waals surface area contributed by atoms with Gasteiger partial charge in [0, 0.05) is 7.14 Å². The molecule has 0 radical (unpaired) electrons. The fraction of sp³-hybridized carbons (Fsp3) is 0. The molecule has 0 aliphatic rings. The van der Waals surface area contributed by atoms with Crippen LogP contribution in [0.25, 0.3) is 0 Å². The highest BCUT2D eigenvalue weighted by Gasteiger charge is 2.18. The van der Waals surface area contributed by atoms with E-state index in [1.54, 1.807) is 12.1 Å². The van der Waals surface area contributed by atoms with Gasteiger partial charge in [-0.3, -0.25) is 10.9 Å². The third-order valence-corrected chi connectivity index (χ3v) is 4.45. The molecule has 0 saturated carbocycles. The molecule has 0 aliphatic heterocycles. The van der Waals surface area contributed by atoms with Crippen LogP contribution in [0.4, 0.5) is 11.4 Å². The molecule has 24 heavy (non-hydrogen) atoms. The van der Waals surface area contributed by atoms with Crippen molar-refractivity contribution in [3.8, 4) is 0 Å². The molecule has 0 aromatic heterocycles. The number of anilines is 2. The van der Waals surface area contributed by atoms with Crippen LogP contribution in [-0.4, -0.2) is 11.9 Å². The Kier molecular flexibility index (Phi) is 7.48. The molecule has 8 nitrogen and oxygen atoms in total. The van der Waals surface area contributed by atoms with Gasteiger partial charge in [-0.2, -0.15) is 0 Å². The van der Waals surface area contributed by atoms with Crippen LogP contribution in [0.1, 0.15) is 0 Å². The van der Waals surface area contributed by atoms with Gasteiger partial charge < -0.3 is 9.68 Å². The third-order valence-electron chi connectivity index (χ3n) is 2.57. The molecule has 0 unspecified atom stereocenters. The van der Waals surface area contributed by atoms with Crippen molar-refractivity contribution in [1.29, 1.82) is 0 Å². The van der Waals surface area contributed by atoms with E-state index in [2.05, 4.69) is 76.9 Å². The summed E-state index contributed by atoms with van der Waals surface area (Å²) in [7, 11) is 0. The van der Waals surface area contributed by atoms with Gasteiger partial charge in [-0.05, 0) is 69.4 Å². The summed E-state index contributed by atoms with van der Waals surface area (Å²) in [5, 5.41) is 0. The SMILES string of the molecule is O=C(ONNc1ccccc1I)C(=O)ONNc1ccccc1I. The summed E-state index contributed by atoms with van der Waals surface area (Å²) in [5.41, 5.74) is 11.0. The Morgan fingerprint density at radius 1 is 0.708 bits per heavy atom. The lowest BCUT2D eigenvalue weighted by Crippen LogP contribution is -2.35. The van der Waals surface area contributed by atoms with E-state index in [-0.39, 0.29) is 0 Å². The first-order chi connectivity index (χ1) is 11.6. The van der Waals surface area contributed by atoms with Crippen molar-refractivity contribution >= 4 is 68.5 Å². The molecule has 0 saturated heterocycles. The van der Waals surface area contributed by atoms with Gasteiger partial charge in [0.2, 0.25) is 0 Å². The summed E-state index contributed by atoms with van der Waals surface area (Å²) in [6, 6.07) is 14.6. The number of nitrogens with one attached hydrogen (secondary N) is 4. The Morgan fingerprint density at radius 2 is 1.08 bits per heavy atom. The lowest BCUT2D eigenvalue weighted by atomic mass is 10.3. The molecule has 0 spiro atoms. The standard InChI is InChI=1S/C14H12I2N4O4/c15-9-5-1-3-7-11(9)17-19-23-13(21)14(22)24-20-18-12-8-4-2-6-10(12)16/h1-8,17-20H. The molecule has 4 N–H and O–H groups in total. The van der Waals surface area contributed by atoms with E-state index in [4.69, 9.17) is 0 Å². The zero-order chi connectivity index (χ0) is 17.4. The van der Waals surface area contributed by atoms with Crippen LogP contribution in [0, 0.1) is 7.14 Å². The van der Waals surface area contributed by atoms with Crippen molar-refractivity contribution in [2.24, 2.45) is 0 Å². The summed E-state index contributed by atoms with van der Waals surface area (Å²) in [4.78, 5) is 32.0. The summed E-state index contributed by atoms with van der Waals surface area (Å²) in [6.07, 6.45) is 0. The quantitative estimate of drug-likeness (QED) is 0.246. The Balaban J connectivity index is 1.70. The van der Waals surface area contributed by atoms with E-state index in [1.807, 2.05) is 36.4 Å². The predicted molar refractivity (Wildman–Crippen MR) is 104 cm³/mol. The minimum absolute atomic E-state index is 0.692. The molecule has 0 amide bonds. The number of carbonyl (C=O) groups is 2. The molecule has 0 aliphatic carbocycles. The highest BCUT2D eigenvalue weighted by Crippen LogP contribution is 2.16. The van der Waals surface area contributed by atoms with Crippen molar-refractivity contribution in [2.45, 2.75) is 0 Å². The monoisotopic (exact) mass is 554 g/mol. The zero-order valence-corrected chi connectivity index (χ0v) is 16.3. The maximum atomic E-state index is 11.5. The Labute approximate surface area is 164 Å². The Hall–Kier alpha value is -1.64. The van der Waals surface area contributed by atoms with Crippen molar-refractivity contribution in [3.05, 3.63) is 55.7 Å². The molecule has 10 heteroatoms. The van der Waals surface area contributed by atoms with E-state index in [0.29, 0.717) is 11.4 Å². The fourth-order valence-electron chi connectivity index (χ4n) is 1.46. The van der Waals surface area contributed by atoms with Gasteiger partial charge in [0.15, 0.2) is 0 Å². The van der Waals surface area contributed by atoms with Crippen LogP contribution in [0.3, 0.4) is 0 Å². The van der Waals surface area contributed by atoms with Crippen LogP contribution in [0.5, 0.6) is 0 Å². The normalized spacial score (nSPS) is 9.92. The highest BCUT2D eigenvalue weighted by molar-refractivity contribution is 14.1. The smallest absolute Gasteiger partial charge is 0.341 e. The largest absolute Gasteiger partial charge is 0.439 e. The second kappa shape index (κ2) is 9.61. The van der Waals surface area contributed by atoms with Gasteiger partial charge in [-0.1, -0.05) is 35.4 Å². The highest BCUT2D eigenvalue weighted by atomic mass is 127. The van der Waals surface area contributed by atoms with Gasteiger partial charge in [0.25, 0.3) is 0 Å². The minimum atomic E-state index is -1.22. The van der Waals surface area contributed by atoms with Gasteiger partial charge in [-0.25, -0.2) is 9.59 Å². The van der Waals surface area contributed by atoms with Crippen molar-refractivity contribution in [2.75, 3.05) is 10.9 Å². The summed E-state index contributed by atoms with van der Waals surface area (Å²) in [6.45, 7) is 0. The zero-order valence-electron chi connectivity index (χ0n) is 12.0. The molecule has 0 bridgehead atoms. The van der Waals surface area contributed by atoms with Crippen LogP contribution >= 0.6 is 45.2 Å². The maximum Gasteiger partial charge on any atom is 0.439 e. The predicted octanol–water partition coefficient (Wildman–Crippen LogP) is 2.35. The number of para-hydroxylation sites is 2. The second-order valence-electron chi connectivity index (χ2n) is 4.19. The van der Waals surface area contributed by atoms with E-state index in [9.17, 15) is 9.59 Å². The molecule has 126 valence electrons. The first-order valence-electron chi connectivity index (χ1n) is 6.51. The van der Waals surface area contributed by atoms with Gasteiger partial charge >= 0.3 is 11.9 Å². The molecular formula is C14H12I2N4O4. The number of hydrogen-bond donors (Lipinski definition) is 4.